The van der Waals surface area contributed by atoms with Gasteiger partial charge in [-0.15, -0.1) is 0 Å². The predicted octanol–water partition coefficient (Wildman–Crippen LogP) is 4.54. The Labute approximate surface area is 111 Å². The van der Waals surface area contributed by atoms with Gasteiger partial charge in [0.25, 0.3) is 0 Å². The zero-order valence-electron chi connectivity index (χ0n) is 12.2. The smallest absolute Gasteiger partial charge is 0.0314 e. The lowest BCUT2D eigenvalue weighted by Crippen LogP contribution is -2.25. The lowest BCUT2D eigenvalue weighted by Gasteiger charge is -2.30. The molecule has 2 N–H and O–H groups in total. The normalized spacial score (nSPS) is 32.9. The summed E-state index contributed by atoms with van der Waals surface area (Å²) in [4.78, 5) is 0. The summed E-state index contributed by atoms with van der Waals surface area (Å²) >= 11 is 0. The molecule has 0 heterocycles. The Bertz CT molecular complexity index is 467. The average Bonchev–Trinajstić information content (AvgIpc) is 2.46. The highest BCUT2D eigenvalue weighted by molar-refractivity contribution is 5.44. The van der Waals surface area contributed by atoms with E-state index in [1.165, 1.54) is 12.0 Å². The molecule has 2 atom stereocenters. The highest BCUT2D eigenvalue weighted by Crippen LogP contribution is 2.57. The summed E-state index contributed by atoms with van der Waals surface area (Å²) in [6, 6.07) is 8.43. The maximum Gasteiger partial charge on any atom is 0.0314 e. The van der Waals surface area contributed by atoms with Crippen LogP contribution in [0.3, 0.4) is 0 Å². The van der Waals surface area contributed by atoms with Gasteiger partial charge in [0.05, 0.1) is 0 Å². The maximum absolute atomic E-state index is 5.80. The maximum atomic E-state index is 5.80. The molecule has 98 valence electrons. The number of hydrogen-bond acceptors (Lipinski definition) is 1. The number of rotatable bonds is 1. The molecule has 1 aromatic rings. The van der Waals surface area contributed by atoms with Gasteiger partial charge >= 0.3 is 0 Å². The number of nitrogen functional groups attached to an aromatic ring is 1. The van der Waals surface area contributed by atoms with E-state index >= 15 is 0 Å². The van der Waals surface area contributed by atoms with Gasteiger partial charge in [-0.05, 0) is 47.8 Å². The second-order valence-corrected chi connectivity index (χ2v) is 6.57. The Morgan fingerprint density at radius 1 is 1.17 bits per heavy atom. The molecular formula is C17H25N. The first-order chi connectivity index (χ1) is 8.31. The second kappa shape index (κ2) is 4.15. The third kappa shape index (κ3) is 1.86. The van der Waals surface area contributed by atoms with Crippen molar-refractivity contribution in [1.82, 2.24) is 0 Å². The molecule has 0 spiro atoms. The molecule has 1 saturated carbocycles. The van der Waals surface area contributed by atoms with Crippen LogP contribution < -0.4 is 5.73 Å². The summed E-state index contributed by atoms with van der Waals surface area (Å²) in [5.74, 6) is 0.584. The number of nitrogens with two attached hydrogens (primary N) is 1. The van der Waals surface area contributed by atoms with E-state index in [4.69, 9.17) is 5.73 Å². The quantitative estimate of drug-likeness (QED) is 0.569. The van der Waals surface area contributed by atoms with E-state index < -0.39 is 0 Å². The Kier molecular flexibility index (Phi) is 3.04. The summed E-state index contributed by atoms with van der Waals surface area (Å²) in [6.07, 6.45) is 3.51. The van der Waals surface area contributed by atoms with E-state index in [0.29, 0.717) is 11.3 Å². The van der Waals surface area contributed by atoms with Crippen LogP contribution in [0.25, 0.3) is 0 Å². The summed E-state index contributed by atoms with van der Waals surface area (Å²) in [6.45, 7) is 11.6. The molecule has 1 fully saturated rings. The molecule has 0 aliphatic heterocycles. The van der Waals surface area contributed by atoms with Crippen LogP contribution in [0.5, 0.6) is 0 Å². The van der Waals surface area contributed by atoms with Crippen molar-refractivity contribution < 1.29 is 0 Å². The molecule has 18 heavy (non-hydrogen) atoms. The lowest BCUT2D eigenvalue weighted by atomic mass is 9.73. The number of hydrogen-bond donors (Lipinski definition) is 1. The SMILES string of the molecule is C/C=C1\C(C)C(C)(c2ccc(N)cc2)CC1(C)C. The highest BCUT2D eigenvalue weighted by Gasteiger charge is 2.49. The molecule has 2 rings (SSSR count). The molecule has 1 aliphatic rings. The van der Waals surface area contributed by atoms with Crippen molar-refractivity contribution in [1.29, 1.82) is 0 Å². The van der Waals surface area contributed by atoms with E-state index in [9.17, 15) is 0 Å². The first-order valence-corrected chi connectivity index (χ1v) is 6.84. The predicted molar refractivity (Wildman–Crippen MR) is 79.5 cm³/mol. The van der Waals surface area contributed by atoms with Gasteiger partial charge in [-0.2, -0.15) is 0 Å². The van der Waals surface area contributed by atoms with Gasteiger partial charge in [-0.25, -0.2) is 0 Å². The Morgan fingerprint density at radius 3 is 2.17 bits per heavy atom. The number of anilines is 1. The molecule has 0 radical (unpaired) electrons. The van der Waals surface area contributed by atoms with Crippen molar-refractivity contribution in [3.63, 3.8) is 0 Å². The molecule has 0 amide bonds. The highest BCUT2D eigenvalue weighted by atomic mass is 14.6. The van der Waals surface area contributed by atoms with Crippen molar-refractivity contribution in [3.8, 4) is 0 Å². The molecule has 1 nitrogen and oxygen atoms in total. The Hall–Kier alpha value is -1.24. The van der Waals surface area contributed by atoms with Crippen LogP contribution in [-0.4, -0.2) is 0 Å². The minimum atomic E-state index is 0.221. The van der Waals surface area contributed by atoms with Crippen LogP contribution in [0.2, 0.25) is 0 Å². The minimum Gasteiger partial charge on any atom is -0.399 e. The van der Waals surface area contributed by atoms with Crippen molar-refractivity contribution in [3.05, 3.63) is 41.5 Å². The average molecular weight is 243 g/mol. The van der Waals surface area contributed by atoms with E-state index in [2.05, 4.69) is 52.8 Å². The van der Waals surface area contributed by atoms with Crippen LogP contribution in [0, 0.1) is 11.3 Å². The van der Waals surface area contributed by atoms with E-state index in [-0.39, 0.29) is 5.41 Å². The van der Waals surface area contributed by atoms with Gasteiger partial charge in [-0.1, -0.05) is 51.5 Å². The molecule has 2 unspecified atom stereocenters. The van der Waals surface area contributed by atoms with E-state index in [0.717, 1.165) is 5.69 Å². The molecule has 0 aromatic heterocycles. The Balaban J connectivity index is 2.47. The molecular weight excluding hydrogens is 218 g/mol. The van der Waals surface area contributed by atoms with Gasteiger partial charge in [-0.3, -0.25) is 0 Å². The van der Waals surface area contributed by atoms with E-state index in [1.54, 1.807) is 5.57 Å². The fourth-order valence-electron chi connectivity index (χ4n) is 3.96. The van der Waals surface area contributed by atoms with Crippen LogP contribution in [0.15, 0.2) is 35.9 Å². The van der Waals surface area contributed by atoms with Crippen LogP contribution in [0.1, 0.15) is 46.6 Å². The third-order valence-corrected chi connectivity index (χ3v) is 4.89. The first kappa shape index (κ1) is 13.2. The second-order valence-electron chi connectivity index (χ2n) is 6.57. The molecule has 1 aromatic carbocycles. The monoisotopic (exact) mass is 243 g/mol. The molecule has 1 heteroatoms. The number of allylic oxidation sites excluding steroid dienone is 2. The van der Waals surface area contributed by atoms with Crippen molar-refractivity contribution in [2.75, 3.05) is 5.73 Å². The summed E-state index contributed by atoms with van der Waals surface area (Å²) in [5, 5.41) is 0. The van der Waals surface area contributed by atoms with Crippen molar-refractivity contribution in [2.45, 2.75) is 46.5 Å². The van der Waals surface area contributed by atoms with Gasteiger partial charge in [0.1, 0.15) is 0 Å². The summed E-state index contributed by atoms with van der Waals surface area (Å²) < 4.78 is 0. The topological polar surface area (TPSA) is 26.0 Å². The standard InChI is InChI=1S/C17H25N/c1-6-15-12(2)17(5,11-16(15,3)4)13-7-9-14(18)10-8-13/h6-10,12H,11,18H2,1-5H3/b15-6+. The van der Waals surface area contributed by atoms with E-state index in [1.807, 2.05) is 12.1 Å². The molecule has 0 saturated heterocycles. The zero-order chi connectivity index (χ0) is 13.6. The van der Waals surface area contributed by atoms with Gasteiger partial charge in [0.15, 0.2) is 0 Å². The van der Waals surface area contributed by atoms with Crippen molar-refractivity contribution >= 4 is 5.69 Å². The van der Waals surface area contributed by atoms with Gasteiger partial charge in [0.2, 0.25) is 0 Å². The van der Waals surface area contributed by atoms with Crippen LogP contribution >= 0.6 is 0 Å². The summed E-state index contributed by atoms with van der Waals surface area (Å²) in [7, 11) is 0. The van der Waals surface area contributed by atoms with Crippen LogP contribution in [-0.2, 0) is 5.41 Å². The third-order valence-electron chi connectivity index (χ3n) is 4.89. The van der Waals surface area contributed by atoms with Gasteiger partial charge in [0, 0.05) is 5.69 Å². The van der Waals surface area contributed by atoms with Gasteiger partial charge < -0.3 is 5.73 Å². The fourth-order valence-corrected chi connectivity index (χ4v) is 3.96. The van der Waals surface area contributed by atoms with Crippen molar-refractivity contribution in [2.24, 2.45) is 11.3 Å². The zero-order valence-corrected chi connectivity index (χ0v) is 12.2. The first-order valence-electron chi connectivity index (χ1n) is 6.84. The largest absolute Gasteiger partial charge is 0.399 e. The molecule has 1 aliphatic carbocycles. The summed E-state index contributed by atoms with van der Waals surface area (Å²) in [5.41, 5.74) is 10.2. The lowest BCUT2D eigenvalue weighted by molar-refractivity contribution is 0.348. The fraction of sp³-hybridized carbons (Fsp3) is 0.529. The molecule has 0 bridgehead atoms. The Morgan fingerprint density at radius 2 is 1.72 bits per heavy atom. The number of benzene rings is 1. The minimum absolute atomic E-state index is 0.221. The van der Waals surface area contributed by atoms with Crippen LogP contribution in [0.4, 0.5) is 5.69 Å².